The predicted molar refractivity (Wildman–Crippen MR) is 104 cm³/mol. The second-order valence-corrected chi connectivity index (χ2v) is 7.32. The van der Waals surface area contributed by atoms with Gasteiger partial charge in [0.05, 0.1) is 24.6 Å². The standard InChI is InChI=1S/C21H25N2O3S.BrH/c1-3-22-13-14-23(17(22)2)12-8-15-26-20(24)21(25,19-11-7-16-27-19)18-9-5-4-6-10-18;/h4-7,9-11,13-14,16,25H,3,8,12,15H2,1-2H3;1H/q+1;/p-1. The first-order valence-corrected chi connectivity index (χ1v) is 9.99. The second kappa shape index (κ2) is 10.0. The van der Waals surface area contributed by atoms with Crippen LogP contribution in [0.25, 0.3) is 0 Å². The molecule has 0 aliphatic rings. The Labute approximate surface area is 180 Å². The summed E-state index contributed by atoms with van der Waals surface area (Å²) in [5.74, 6) is 0.534. The van der Waals surface area contributed by atoms with E-state index in [9.17, 15) is 9.90 Å². The van der Waals surface area contributed by atoms with Gasteiger partial charge in [0.1, 0.15) is 12.4 Å². The van der Waals surface area contributed by atoms with E-state index in [0.29, 0.717) is 16.9 Å². The lowest BCUT2D eigenvalue weighted by Crippen LogP contribution is -3.00. The van der Waals surface area contributed by atoms with E-state index >= 15 is 0 Å². The van der Waals surface area contributed by atoms with Gasteiger partial charge in [0.25, 0.3) is 5.82 Å². The molecule has 1 atom stereocenters. The van der Waals surface area contributed by atoms with Crippen LogP contribution in [0.5, 0.6) is 0 Å². The van der Waals surface area contributed by atoms with Crippen LogP contribution in [0, 0.1) is 6.92 Å². The zero-order valence-electron chi connectivity index (χ0n) is 16.0. The lowest BCUT2D eigenvalue weighted by molar-refractivity contribution is -0.702. The van der Waals surface area contributed by atoms with E-state index in [1.54, 1.807) is 30.3 Å². The molecule has 28 heavy (non-hydrogen) atoms. The Balaban J connectivity index is 0.00000280. The smallest absolute Gasteiger partial charge is 0.348 e. The fourth-order valence-electron chi connectivity index (χ4n) is 3.14. The predicted octanol–water partition coefficient (Wildman–Crippen LogP) is 0.0388. The topological polar surface area (TPSA) is 55.3 Å². The van der Waals surface area contributed by atoms with Crippen LogP contribution in [0.2, 0.25) is 0 Å². The van der Waals surface area contributed by atoms with E-state index in [4.69, 9.17) is 4.74 Å². The largest absolute Gasteiger partial charge is 1.00 e. The molecule has 150 valence electrons. The molecular weight excluding hydrogens is 440 g/mol. The van der Waals surface area contributed by atoms with Crippen LogP contribution in [0.3, 0.4) is 0 Å². The number of imidazole rings is 1. The summed E-state index contributed by atoms with van der Waals surface area (Å²) < 4.78 is 9.78. The maximum atomic E-state index is 12.8. The summed E-state index contributed by atoms with van der Waals surface area (Å²) in [7, 11) is 0. The van der Waals surface area contributed by atoms with Gasteiger partial charge in [-0.15, -0.1) is 11.3 Å². The number of ether oxygens (including phenoxy) is 1. The van der Waals surface area contributed by atoms with Crippen molar-refractivity contribution in [2.24, 2.45) is 0 Å². The van der Waals surface area contributed by atoms with E-state index in [1.165, 1.54) is 17.2 Å². The Kier molecular flexibility index (Phi) is 7.98. The van der Waals surface area contributed by atoms with Crippen molar-refractivity contribution in [1.29, 1.82) is 0 Å². The molecule has 2 aromatic heterocycles. The minimum atomic E-state index is -1.77. The quantitative estimate of drug-likeness (QED) is 0.291. The van der Waals surface area contributed by atoms with Crippen molar-refractivity contribution in [1.82, 2.24) is 4.57 Å². The number of aliphatic hydroxyl groups is 1. The van der Waals surface area contributed by atoms with Crippen LogP contribution >= 0.6 is 11.3 Å². The molecule has 1 aromatic carbocycles. The first kappa shape index (κ1) is 22.3. The number of hydrogen-bond donors (Lipinski definition) is 1. The van der Waals surface area contributed by atoms with Crippen molar-refractivity contribution in [3.8, 4) is 0 Å². The molecule has 2 heterocycles. The van der Waals surface area contributed by atoms with Crippen LogP contribution in [0.4, 0.5) is 0 Å². The van der Waals surface area contributed by atoms with Gasteiger partial charge in [-0.3, -0.25) is 0 Å². The summed E-state index contributed by atoms with van der Waals surface area (Å²) >= 11 is 1.34. The Bertz CT molecular complexity index is 880. The third-order valence-electron chi connectivity index (χ3n) is 4.74. The SMILES string of the molecule is CCn1cc[n+](CCCOC(=O)C(O)(c2ccccc2)c2cccs2)c1C.[Br-]. The zero-order chi connectivity index (χ0) is 19.3. The molecule has 1 N–H and O–H groups in total. The summed E-state index contributed by atoms with van der Waals surface area (Å²) in [5.41, 5.74) is -1.26. The molecule has 0 radical (unpaired) electrons. The zero-order valence-corrected chi connectivity index (χ0v) is 18.4. The molecule has 0 spiro atoms. The molecule has 0 fully saturated rings. The van der Waals surface area contributed by atoms with Crippen molar-refractivity contribution in [2.75, 3.05) is 6.61 Å². The van der Waals surface area contributed by atoms with Crippen LogP contribution in [0.15, 0.2) is 60.2 Å². The number of thiophene rings is 1. The highest BCUT2D eigenvalue weighted by Crippen LogP contribution is 2.34. The maximum absolute atomic E-state index is 12.8. The van der Waals surface area contributed by atoms with Gasteiger partial charge in [-0.25, -0.2) is 13.9 Å². The lowest BCUT2D eigenvalue weighted by atomic mass is 9.92. The van der Waals surface area contributed by atoms with Crippen molar-refractivity contribution < 1.29 is 36.2 Å². The maximum Gasteiger partial charge on any atom is 0.348 e. The Morgan fingerprint density at radius 2 is 2.00 bits per heavy atom. The fourth-order valence-corrected chi connectivity index (χ4v) is 3.97. The van der Waals surface area contributed by atoms with Crippen molar-refractivity contribution in [3.63, 3.8) is 0 Å². The average Bonchev–Trinajstić information content (AvgIpc) is 3.35. The van der Waals surface area contributed by atoms with Crippen LogP contribution in [-0.2, 0) is 28.2 Å². The van der Waals surface area contributed by atoms with E-state index in [-0.39, 0.29) is 23.6 Å². The minimum Gasteiger partial charge on any atom is -1.00 e. The van der Waals surface area contributed by atoms with Crippen molar-refractivity contribution in [3.05, 3.63) is 76.5 Å². The monoisotopic (exact) mass is 464 g/mol. The van der Waals surface area contributed by atoms with Crippen LogP contribution in [0.1, 0.15) is 29.6 Å². The molecule has 0 aliphatic carbocycles. The number of aryl methyl sites for hydroxylation is 2. The summed E-state index contributed by atoms with van der Waals surface area (Å²) in [5, 5.41) is 13.1. The Morgan fingerprint density at radius 1 is 1.25 bits per heavy atom. The number of esters is 1. The molecule has 0 saturated carbocycles. The second-order valence-electron chi connectivity index (χ2n) is 6.37. The minimum absolute atomic E-state index is 0. The van der Waals surface area contributed by atoms with Crippen molar-refractivity contribution in [2.45, 2.75) is 39.0 Å². The van der Waals surface area contributed by atoms with E-state index < -0.39 is 11.6 Å². The number of halogens is 1. The highest BCUT2D eigenvalue weighted by molar-refractivity contribution is 7.10. The Hall–Kier alpha value is -1.96. The molecule has 3 aromatic rings. The molecule has 5 nitrogen and oxygen atoms in total. The number of aromatic nitrogens is 2. The van der Waals surface area contributed by atoms with Crippen LogP contribution < -0.4 is 21.5 Å². The van der Waals surface area contributed by atoms with Gasteiger partial charge >= 0.3 is 5.97 Å². The molecule has 1 unspecified atom stereocenters. The fraction of sp³-hybridized carbons (Fsp3) is 0.333. The van der Waals surface area contributed by atoms with Crippen molar-refractivity contribution >= 4 is 17.3 Å². The van der Waals surface area contributed by atoms with E-state index in [2.05, 4.69) is 23.0 Å². The van der Waals surface area contributed by atoms with E-state index in [0.717, 1.165) is 13.1 Å². The molecular formula is C21H25BrN2O3S. The van der Waals surface area contributed by atoms with E-state index in [1.807, 2.05) is 29.9 Å². The third kappa shape index (κ3) is 4.54. The van der Waals surface area contributed by atoms with Crippen LogP contribution in [-0.4, -0.2) is 22.2 Å². The Morgan fingerprint density at radius 3 is 2.61 bits per heavy atom. The third-order valence-corrected chi connectivity index (χ3v) is 5.72. The summed E-state index contributed by atoms with van der Waals surface area (Å²) in [6.07, 6.45) is 4.76. The molecule has 0 bridgehead atoms. The summed E-state index contributed by atoms with van der Waals surface area (Å²) in [4.78, 5) is 13.4. The number of hydrogen-bond acceptors (Lipinski definition) is 4. The highest BCUT2D eigenvalue weighted by Gasteiger charge is 2.42. The first-order chi connectivity index (χ1) is 13.1. The number of benzene rings is 1. The first-order valence-electron chi connectivity index (χ1n) is 9.11. The van der Waals surface area contributed by atoms with Gasteiger partial charge < -0.3 is 26.8 Å². The number of carbonyl (C=O) groups excluding carboxylic acids is 1. The summed E-state index contributed by atoms with van der Waals surface area (Å²) in [6.45, 7) is 6.12. The lowest BCUT2D eigenvalue weighted by Gasteiger charge is -2.25. The molecule has 3 rings (SSSR count). The molecule has 0 saturated heterocycles. The highest BCUT2D eigenvalue weighted by atomic mass is 79.9. The normalized spacial score (nSPS) is 12.8. The number of carbonyl (C=O) groups is 1. The van der Waals surface area contributed by atoms with Gasteiger partial charge in [-0.1, -0.05) is 36.4 Å². The average molecular weight is 465 g/mol. The number of nitrogens with zero attached hydrogens (tertiary/aromatic N) is 2. The van der Waals surface area contributed by atoms with Gasteiger partial charge in [0.15, 0.2) is 0 Å². The van der Waals surface area contributed by atoms with Gasteiger partial charge in [-0.05, 0) is 18.4 Å². The van der Waals surface area contributed by atoms with Gasteiger partial charge in [0.2, 0.25) is 5.60 Å². The summed E-state index contributed by atoms with van der Waals surface area (Å²) in [6, 6.07) is 12.5. The molecule has 0 aliphatic heterocycles. The molecule has 7 heteroatoms. The number of rotatable bonds is 8. The van der Waals surface area contributed by atoms with Gasteiger partial charge in [-0.2, -0.15) is 0 Å². The molecule has 0 amide bonds. The van der Waals surface area contributed by atoms with Gasteiger partial charge in [0, 0.05) is 18.9 Å².